The van der Waals surface area contributed by atoms with Gasteiger partial charge in [0, 0.05) is 26.4 Å². The summed E-state index contributed by atoms with van der Waals surface area (Å²) in [6.45, 7) is 11.0. The van der Waals surface area contributed by atoms with Crippen LogP contribution < -0.4 is 10.2 Å². The second kappa shape index (κ2) is 10.1. The van der Waals surface area contributed by atoms with Crippen molar-refractivity contribution >= 4 is 17.5 Å². The fourth-order valence-electron chi connectivity index (χ4n) is 3.35. The zero-order chi connectivity index (χ0) is 20.7. The van der Waals surface area contributed by atoms with E-state index in [-0.39, 0.29) is 18.2 Å². The number of hydrogen-bond acceptors (Lipinski definition) is 2. The largest absolute Gasteiger partial charge is 0.352 e. The first kappa shape index (κ1) is 21.7. The van der Waals surface area contributed by atoms with Gasteiger partial charge in [-0.3, -0.25) is 9.59 Å². The van der Waals surface area contributed by atoms with Gasteiger partial charge in [0.2, 0.25) is 11.8 Å². The molecule has 0 heterocycles. The number of nitrogens with zero attached hydrogens (tertiary/aromatic N) is 1. The molecule has 0 saturated heterocycles. The summed E-state index contributed by atoms with van der Waals surface area (Å²) < 4.78 is 0. The van der Waals surface area contributed by atoms with Crippen molar-refractivity contribution in [2.75, 3.05) is 11.4 Å². The topological polar surface area (TPSA) is 49.4 Å². The third-order valence-electron chi connectivity index (χ3n) is 4.89. The molecule has 0 aliphatic carbocycles. The molecule has 28 heavy (non-hydrogen) atoms. The molecule has 0 radical (unpaired) electrons. The predicted octanol–water partition coefficient (Wildman–Crippen LogP) is 4.99. The van der Waals surface area contributed by atoms with Crippen LogP contribution in [-0.4, -0.2) is 18.4 Å². The minimum atomic E-state index is -0.0526. The van der Waals surface area contributed by atoms with E-state index in [0.717, 1.165) is 22.4 Å². The molecule has 150 valence electrons. The molecule has 0 aromatic heterocycles. The molecule has 2 aromatic rings. The van der Waals surface area contributed by atoms with Crippen LogP contribution in [0, 0.1) is 0 Å². The zero-order valence-corrected chi connectivity index (χ0v) is 17.7. The molecule has 0 aliphatic rings. The predicted molar refractivity (Wildman–Crippen MR) is 116 cm³/mol. The van der Waals surface area contributed by atoms with Crippen molar-refractivity contribution in [2.45, 2.75) is 59.4 Å². The summed E-state index contributed by atoms with van der Waals surface area (Å²) >= 11 is 0. The Morgan fingerprint density at radius 3 is 1.96 bits per heavy atom. The summed E-state index contributed by atoms with van der Waals surface area (Å²) in [4.78, 5) is 26.6. The van der Waals surface area contributed by atoms with Gasteiger partial charge in [-0.15, -0.1) is 0 Å². The van der Waals surface area contributed by atoms with Gasteiger partial charge in [0.15, 0.2) is 0 Å². The summed E-state index contributed by atoms with van der Waals surface area (Å²) in [6, 6.07) is 16.0. The van der Waals surface area contributed by atoms with E-state index in [0.29, 0.717) is 24.9 Å². The lowest BCUT2D eigenvalue weighted by molar-refractivity contribution is -0.121. The molecular weight excluding hydrogens is 348 g/mol. The first-order valence-electron chi connectivity index (χ1n) is 10.0. The van der Waals surface area contributed by atoms with Crippen LogP contribution in [0.2, 0.25) is 0 Å². The number of anilines is 1. The Labute approximate surface area is 169 Å². The molecule has 4 heteroatoms. The summed E-state index contributed by atoms with van der Waals surface area (Å²) in [5, 5.41) is 2.94. The number of carbonyl (C=O) groups is 2. The molecule has 0 bridgehead atoms. The van der Waals surface area contributed by atoms with E-state index in [1.54, 1.807) is 11.8 Å². The van der Waals surface area contributed by atoms with Gasteiger partial charge in [-0.1, -0.05) is 76.2 Å². The van der Waals surface area contributed by atoms with Crippen LogP contribution in [0.3, 0.4) is 0 Å². The van der Waals surface area contributed by atoms with Gasteiger partial charge in [0.05, 0.1) is 5.69 Å². The van der Waals surface area contributed by atoms with Crippen molar-refractivity contribution in [2.24, 2.45) is 0 Å². The molecule has 0 saturated carbocycles. The van der Waals surface area contributed by atoms with E-state index >= 15 is 0 Å². The summed E-state index contributed by atoms with van der Waals surface area (Å²) in [6.07, 6.45) is 0.274. The van der Waals surface area contributed by atoms with Gasteiger partial charge in [-0.25, -0.2) is 0 Å². The molecule has 0 atom stereocenters. The molecular formula is C24H32N2O2. The normalized spacial score (nSPS) is 11.0. The SMILES string of the molecule is CC(=O)N(CCC(=O)NCc1ccccc1)c1c(C(C)C)cccc1C(C)C. The minimum absolute atomic E-state index is 0.0362. The molecule has 1 N–H and O–H groups in total. The number of benzene rings is 2. The highest BCUT2D eigenvalue weighted by atomic mass is 16.2. The lowest BCUT2D eigenvalue weighted by atomic mass is 9.91. The summed E-state index contributed by atoms with van der Waals surface area (Å²) in [5.74, 6) is 0.499. The molecule has 2 aromatic carbocycles. The molecule has 0 spiro atoms. The van der Waals surface area contributed by atoms with Crippen LogP contribution >= 0.6 is 0 Å². The molecule has 0 aliphatic heterocycles. The Morgan fingerprint density at radius 1 is 0.893 bits per heavy atom. The van der Waals surface area contributed by atoms with E-state index in [2.05, 4.69) is 51.2 Å². The highest BCUT2D eigenvalue weighted by Crippen LogP contribution is 2.35. The van der Waals surface area contributed by atoms with Crippen LogP contribution in [0.1, 0.15) is 69.6 Å². The third kappa shape index (κ3) is 5.69. The monoisotopic (exact) mass is 380 g/mol. The average Bonchev–Trinajstić information content (AvgIpc) is 2.66. The maximum atomic E-state index is 12.5. The number of nitrogens with one attached hydrogen (secondary N) is 1. The first-order valence-corrected chi connectivity index (χ1v) is 10.0. The van der Waals surface area contributed by atoms with Crippen LogP contribution in [0.4, 0.5) is 5.69 Å². The average molecular weight is 381 g/mol. The molecule has 2 rings (SSSR count). The number of amides is 2. The lowest BCUT2D eigenvalue weighted by Gasteiger charge is -2.29. The van der Waals surface area contributed by atoms with Gasteiger partial charge in [0.25, 0.3) is 0 Å². The number of rotatable bonds is 8. The Hall–Kier alpha value is -2.62. The van der Waals surface area contributed by atoms with Gasteiger partial charge < -0.3 is 10.2 Å². The second-order valence-electron chi connectivity index (χ2n) is 7.78. The fraction of sp³-hybridized carbons (Fsp3) is 0.417. The van der Waals surface area contributed by atoms with Crippen LogP contribution in [-0.2, 0) is 16.1 Å². The molecule has 0 fully saturated rings. The first-order chi connectivity index (χ1) is 13.3. The number of hydrogen-bond donors (Lipinski definition) is 1. The molecule has 0 unspecified atom stereocenters. The van der Waals surface area contributed by atoms with Gasteiger partial charge in [0.1, 0.15) is 0 Å². The fourth-order valence-corrected chi connectivity index (χ4v) is 3.35. The van der Waals surface area contributed by atoms with Crippen LogP contribution in [0.15, 0.2) is 48.5 Å². The Morgan fingerprint density at radius 2 is 1.46 bits per heavy atom. The van der Waals surface area contributed by atoms with Gasteiger partial charge in [-0.05, 0) is 28.5 Å². The quantitative estimate of drug-likeness (QED) is 0.701. The maximum Gasteiger partial charge on any atom is 0.223 e. The highest BCUT2D eigenvalue weighted by molar-refractivity contribution is 5.94. The van der Waals surface area contributed by atoms with E-state index in [4.69, 9.17) is 0 Å². The van der Waals surface area contributed by atoms with Crippen LogP contribution in [0.25, 0.3) is 0 Å². The Balaban J connectivity index is 2.15. The van der Waals surface area contributed by atoms with E-state index in [1.165, 1.54) is 0 Å². The standard InChI is InChI=1S/C24H32N2O2/c1-17(2)21-12-9-13-22(18(3)4)24(21)26(19(5)27)15-14-23(28)25-16-20-10-7-6-8-11-20/h6-13,17-18H,14-16H2,1-5H3,(H,25,28). The Bertz CT molecular complexity index is 771. The zero-order valence-electron chi connectivity index (χ0n) is 17.7. The van der Waals surface area contributed by atoms with E-state index < -0.39 is 0 Å². The van der Waals surface area contributed by atoms with Gasteiger partial charge >= 0.3 is 0 Å². The molecule has 4 nitrogen and oxygen atoms in total. The van der Waals surface area contributed by atoms with Crippen molar-refractivity contribution in [3.63, 3.8) is 0 Å². The maximum absolute atomic E-state index is 12.5. The van der Waals surface area contributed by atoms with Crippen LogP contribution in [0.5, 0.6) is 0 Å². The summed E-state index contributed by atoms with van der Waals surface area (Å²) in [7, 11) is 0. The molecule has 2 amide bonds. The van der Waals surface area contributed by atoms with Crippen molar-refractivity contribution in [3.05, 3.63) is 65.2 Å². The second-order valence-corrected chi connectivity index (χ2v) is 7.78. The van der Waals surface area contributed by atoms with Crippen molar-refractivity contribution in [1.82, 2.24) is 5.32 Å². The smallest absolute Gasteiger partial charge is 0.223 e. The third-order valence-corrected chi connectivity index (χ3v) is 4.89. The van der Waals surface area contributed by atoms with Crippen molar-refractivity contribution < 1.29 is 9.59 Å². The van der Waals surface area contributed by atoms with Crippen molar-refractivity contribution in [1.29, 1.82) is 0 Å². The number of carbonyl (C=O) groups excluding carboxylic acids is 2. The van der Waals surface area contributed by atoms with Crippen molar-refractivity contribution in [3.8, 4) is 0 Å². The minimum Gasteiger partial charge on any atom is -0.352 e. The van der Waals surface area contributed by atoms with Gasteiger partial charge in [-0.2, -0.15) is 0 Å². The van der Waals surface area contributed by atoms with E-state index in [1.807, 2.05) is 30.3 Å². The van der Waals surface area contributed by atoms with E-state index in [9.17, 15) is 9.59 Å². The number of para-hydroxylation sites is 1. The lowest BCUT2D eigenvalue weighted by Crippen LogP contribution is -2.35. The Kier molecular flexibility index (Phi) is 7.80. The highest BCUT2D eigenvalue weighted by Gasteiger charge is 2.22. The summed E-state index contributed by atoms with van der Waals surface area (Å²) in [5.41, 5.74) is 4.32.